The maximum absolute atomic E-state index is 12.7. The van der Waals surface area contributed by atoms with Gasteiger partial charge >= 0.3 is 6.03 Å². The second-order valence-corrected chi connectivity index (χ2v) is 8.95. The standard InChI is InChI=1S/C17H20N4O4S2/c1-13-4-6-14(7-5-13)27(24,25)21-10-8-20(9-11-21)17(23)19-18-16(22)15-3-2-12-26-15/h2-7,12H,8-11H2,1H3,(H,18,22)(H,19,23). The van der Waals surface area contributed by atoms with Gasteiger partial charge in [0.1, 0.15) is 0 Å². The lowest BCUT2D eigenvalue weighted by Gasteiger charge is -2.33. The molecule has 3 amide bonds. The fourth-order valence-electron chi connectivity index (χ4n) is 2.65. The van der Waals surface area contributed by atoms with Crippen molar-refractivity contribution in [2.24, 2.45) is 0 Å². The van der Waals surface area contributed by atoms with E-state index in [1.807, 2.05) is 6.92 Å². The van der Waals surface area contributed by atoms with Crippen molar-refractivity contribution < 1.29 is 18.0 Å². The molecule has 2 heterocycles. The molecule has 1 aliphatic rings. The Balaban J connectivity index is 1.53. The highest BCUT2D eigenvalue weighted by molar-refractivity contribution is 7.89. The third-order valence-corrected chi connectivity index (χ3v) is 6.99. The van der Waals surface area contributed by atoms with Crippen molar-refractivity contribution in [3.63, 3.8) is 0 Å². The topological polar surface area (TPSA) is 98.8 Å². The minimum absolute atomic E-state index is 0.197. The number of urea groups is 1. The Morgan fingerprint density at radius 2 is 1.67 bits per heavy atom. The Bertz CT molecular complexity index is 903. The quantitative estimate of drug-likeness (QED) is 0.751. The minimum atomic E-state index is -3.58. The number of piperazine rings is 1. The van der Waals surface area contributed by atoms with Crippen LogP contribution >= 0.6 is 11.3 Å². The molecule has 8 nitrogen and oxygen atoms in total. The zero-order valence-electron chi connectivity index (χ0n) is 14.7. The fraction of sp³-hybridized carbons (Fsp3) is 0.294. The van der Waals surface area contributed by atoms with Gasteiger partial charge in [-0.1, -0.05) is 23.8 Å². The zero-order chi connectivity index (χ0) is 19.4. The normalized spacial score (nSPS) is 15.4. The molecule has 1 aromatic carbocycles. The highest BCUT2D eigenvalue weighted by Crippen LogP contribution is 2.18. The van der Waals surface area contributed by atoms with E-state index in [9.17, 15) is 18.0 Å². The van der Waals surface area contributed by atoms with E-state index in [0.717, 1.165) is 5.56 Å². The summed E-state index contributed by atoms with van der Waals surface area (Å²) in [5, 5.41) is 1.77. The average molecular weight is 409 g/mol. The van der Waals surface area contributed by atoms with Crippen molar-refractivity contribution >= 4 is 33.3 Å². The van der Waals surface area contributed by atoms with Gasteiger partial charge in [0.05, 0.1) is 9.77 Å². The summed E-state index contributed by atoms with van der Waals surface area (Å²) >= 11 is 1.27. The van der Waals surface area contributed by atoms with Crippen LogP contribution < -0.4 is 10.9 Å². The number of thiophene rings is 1. The molecule has 0 atom stereocenters. The van der Waals surface area contributed by atoms with Gasteiger partial charge in [0.25, 0.3) is 5.91 Å². The van der Waals surface area contributed by atoms with Crippen LogP contribution in [0.5, 0.6) is 0 Å². The van der Waals surface area contributed by atoms with E-state index in [-0.39, 0.29) is 37.0 Å². The van der Waals surface area contributed by atoms with Crippen LogP contribution in [0.15, 0.2) is 46.7 Å². The zero-order valence-corrected chi connectivity index (χ0v) is 16.3. The first-order valence-corrected chi connectivity index (χ1v) is 10.7. The third-order valence-electron chi connectivity index (χ3n) is 4.21. The largest absolute Gasteiger partial charge is 0.336 e. The Kier molecular flexibility index (Phi) is 5.78. The van der Waals surface area contributed by atoms with E-state index >= 15 is 0 Å². The lowest BCUT2D eigenvalue weighted by Crippen LogP contribution is -2.55. The van der Waals surface area contributed by atoms with E-state index in [0.29, 0.717) is 4.88 Å². The number of carbonyl (C=O) groups excluding carboxylic acids is 2. The van der Waals surface area contributed by atoms with Crippen molar-refractivity contribution in [2.45, 2.75) is 11.8 Å². The maximum Gasteiger partial charge on any atom is 0.336 e. The summed E-state index contributed by atoms with van der Waals surface area (Å²) in [5.41, 5.74) is 5.70. The first kappa shape index (κ1) is 19.3. The molecule has 0 aliphatic carbocycles. The number of hydrogen-bond donors (Lipinski definition) is 2. The van der Waals surface area contributed by atoms with E-state index in [4.69, 9.17) is 0 Å². The first-order chi connectivity index (χ1) is 12.9. The number of carbonyl (C=O) groups is 2. The van der Waals surface area contributed by atoms with Gasteiger partial charge < -0.3 is 4.90 Å². The van der Waals surface area contributed by atoms with E-state index in [1.165, 1.54) is 20.5 Å². The number of hydrazine groups is 1. The third kappa shape index (κ3) is 4.46. The second-order valence-electron chi connectivity index (χ2n) is 6.07. The fourth-order valence-corrected chi connectivity index (χ4v) is 4.69. The summed E-state index contributed by atoms with van der Waals surface area (Å²) in [6.07, 6.45) is 0. The summed E-state index contributed by atoms with van der Waals surface area (Å²) in [7, 11) is -3.58. The molecule has 0 bridgehead atoms. The smallest absolute Gasteiger partial charge is 0.321 e. The van der Waals surface area contributed by atoms with Gasteiger partial charge in [-0.15, -0.1) is 11.3 Å². The van der Waals surface area contributed by atoms with Crippen molar-refractivity contribution in [3.8, 4) is 0 Å². The number of amides is 3. The number of sulfonamides is 1. The SMILES string of the molecule is Cc1ccc(S(=O)(=O)N2CCN(C(=O)NNC(=O)c3cccs3)CC2)cc1. The van der Waals surface area contributed by atoms with Gasteiger partial charge in [-0.25, -0.2) is 18.6 Å². The molecule has 0 spiro atoms. The average Bonchev–Trinajstić information content (AvgIpc) is 3.21. The molecular weight excluding hydrogens is 388 g/mol. The second kappa shape index (κ2) is 8.07. The van der Waals surface area contributed by atoms with Gasteiger partial charge in [0.2, 0.25) is 10.0 Å². The van der Waals surface area contributed by atoms with Crippen molar-refractivity contribution in [1.29, 1.82) is 0 Å². The number of benzene rings is 1. The lowest BCUT2D eigenvalue weighted by molar-refractivity contribution is 0.0931. The Hall–Kier alpha value is -2.43. The van der Waals surface area contributed by atoms with E-state index < -0.39 is 16.1 Å². The van der Waals surface area contributed by atoms with E-state index in [2.05, 4.69) is 10.9 Å². The number of aryl methyl sites for hydroxylation is 1. The summed E-state index contributed by atoms with van der Waals surface area (Å²) in [6.45, 7) is 2.77. The molecule has 2 aromatic rings. The van der Waals surface area contributed by atoms with Crippen LogP contribution in [-0.4, -0.2) is 55.7 Å². The predicted molar refractivity (Wildman–Crippen MR) is 102 cm³/mol. The number of rotatable bonds is 3. The minimum Gasteiger partial charge on any atom is -0.321 e. The summed E-state index contributed by atoms with van der Waals surface area (Å²) in [5.74, 6) is -0.390. The van der Waals surface area contributed by atoms with E-state index in [1.54, 1.807) is 41.8 Å². The van der Waals surface area contributed by atoms with Crippen LogP contribution in [0.4, 0.5) is 4.79 Å². The van der Waals surface area contributed by atoms with Crippen LogP contribution in [0.1, 0.15) is 15.2 Å². The molecule has 3 rings (SSSR count). The first-order valence-electron chi connectivity index (χ1n) is 8.33. The highest BCUT2D eigenvalue weighted by Gasteiger charge is 2.30. The van der Waals surface area contributed by atoms with Crippen molar-refractivity contribution in [1.82, 2.24) is 20.1 Å². The highest BCUT2D eigenvalue weighted by atomic mass is 32.2. The van der Waals surface area contributed by atoms with Gasteiger partial charge in [-0.2, -0.15) is 4.31 Å². The van der Waals surface area contributed by atoms with Crippen molar-refractivity contribution in [3.05, 3.63) is 52.2 Å². The summed E-state index contributed by atoms with van der Waals surface area (Å²) in [4.78, 5) is 26.2. The number of nitrogens with zero attached hydrogens (tertiary/aromatic N) is 2. The Morgan fingerprint density at radius 3 is 2.26 bits per heavy atom. The van der Waals surface area contributed by atoms with Crippen LogP contribution in [0.2, 0.25) is 0 Å². The van der Waals surface area contributed by atoms with Gasteiger partial charge in [-0.05, 0) is 30.5 Å². The molecule has 1 aliphatic heterocycles. The van der Waals surface area contributed by atoms with Crippen LogP contribution in [-0.2, 0) is 10.0 Å². The molecule has 1 aromatic heterocycles. The molecular formula is C17H20N4O4S2. The maximum atomic E-state index is 12.7. The molecule has 0 radical (unpaired) electrons. The van der Waals surface area contributed by atoms with Crippen molar-refractivity contribution in [2.75, 3.05) is 26.2 Å². The number of nitrogens with one attached hydrogen (secondary N) is 2. The molecule has 1 saturated heterocycles. The molecule has 0 unspecified atom stereocenters. The Labute approximate surface area is 161 Å². The summed E-state index contributed by atoms with van der Waals surface area (Å²) in [6, 6.07) is 9.62. The summed E-state index contributed by atoms with van der Waals surface area (Å²) < 4.78 is 26.7. The molecule has 10 heteroatoms. The van der Waals surface area contributed by atoms with Gasteiger partial charge in [-0.3, -0.25) is 10.2 Å². The van der Waals surface area contributed by atoms with Gasteiger partial charge in [0.15, 0.2) is 0 Å². The van der Waals surface area contributed by atoms with Crippen LogP contribution in [0.3, 0.4) is 0 Å². The monoisotopic (exact) mass is 408 g/mol. The molecule has 27 heavy (non-hydrogen) atoms. The molecule has 144 valence electrons. The van der Waals surface area contributed by atoms with Crippen LogP contribution in [0.25, 0.3) is 0 Å². The Morgan fingerprint density at radius 1 is 1.00 bits per heavy atom. The molecule has 2 N–H and O–H groups in total. The lowest BCUT2D eigenvalue weighted by atomic mass is 10.2. The van der Waals surface area contributed by atoms with Crippen LogP contribution in [0, 0.1) is 6.92 Å². The predicted octanol–water partition coefficient (Wildman–Crippen LogP) is 1.42. The number of hydrogen-bond acceptors (Lipinski definition) is 5. The molecule has 1 fully saturated rings. The molecule has 0 saturated carbocycles. The van der Waals surface area contributed by atoms with Gasteiger partial charge in [0, 0.05) is 26.2 Å².